The van der Waals surface area contributed by atoms with E-state index < -0.39 is 0 Å². The van der Waals surface area contributed by atoms with Crippen molar-refractivity contribution in [3.63, 3.8) is 0 Å². The molecule has 1 heterocycles. The maximum atomic E-state index is 14.0. The summed E-state index contributed by atoms with van der Waals surface area (Å²) in [7, 11) is 0. The first-order valence-electron chi connectivity index (χ1n) is 6.79. The van der Waals surface area contributed by atoms with Gasteiger partial charge in [-0.1, -0.05) is 24.6 Å². The van der Waals surface area contributed by atoms with Crippen molar-refractivity contribution in [1.29, 1.82) is 0 Å². The van der Waals surface area contributed by atoms with Crippen LogP contribution in [0.5, 0.6) is 0 Å². The van der Waals surface area contributed by atoms with E-state index in [4.69, 9.17) is 4.74 Å². The van der Waals surface area contributed by atoms with Gasteiger partial charge in [0.05, 0.1) is 0 Å². The standard InChI is InChI=1S/C15H22FNO/c1-3-17-15(12-6-8-18-9-7-12)13-10-11(2)4-5-14(13)16/h4-5,10,12,15,17H,3,6-9H2,1-2H3. The van der Waals surface area contributed by atoms with Gasteiger partial charge in [0.1, 0.15) is 5.82 Å². The van der Waals surface area contributed by atoms with E-state index in [2.05, 4.69) is 12.2 Å². The van der Waals surface area contributed by atoms with Crippen molar-refractivity contribution in [3.05, 3.63) is 35.1 Å². The van der Waals surface area contributed by atoms with Crippen LogP contribution in [0.4, 0.5) is 4.39 Å². The summed E-state index contributed by atoms with van der Waals surface area (Å²) in [5.41, 5.74) is 1.92. The van der Waals surface area contributed by atoms with Crippen LogP contribution in [0.1, 0.15) is 36.9 Å². The first kappa shape index (κ1) is 13.5. The molecule has 1 atom stereocenters. The van der Waals surface area contributed by atoms with Gasteiger partial charge in [-0.15, -0.1) is 0 Å². The van der Waals surface area contributed by atoms with E-state index in [9.17, 15) is 4.39 Å². The lowest BCUT2D eigenvalue weighted by Crippen LogP contribution is -2.32. The van der Waals surface area contributed by atoms with Crippen LogP contribution in [-0.4, -0.2) is 19.8 Å². The zero-order valence-electron chi connectivity index (χ0n) is 11.2. The van der Waals surface area contributed by atoms with E-state index in [1.165, 1.54) is 0 Å². The summed E-state index contributed by atoms with van der Waals surface area (Å²) in [5, 5.41) is 3.44. The molecule has 0 amide bonds. The Bertz CT molecular complexity index is 388. The van der Waals surface area contributed by atoms with Crippen LogP contribution in [0.25, 0.3) is 0 Å². The number of aryl methyl sites for hydroxylation is 1. The number of nitrogens with one attached hydrogen (secondary N) is 1. The predicted molar refractivity (Wildman–Crippen MR) is 71.1 cm³/mol. The summed E-state index contributed by atoms with van der Waals surface area (Å²) in [6, 6.07) is 5.48. The summed E-state index contributed by atoms with van der Waals surface area (Å²) >= 11 is 0. The fourth-order valence-corrected chi connectivity index (χ4v) is 2.70. The molecule has 1 saturated heterocycles. The second-order valence-electron chi connectivity index (χ2n) is 5.01. The molecule has 1 aliphatic rings. The third kappa shape index (κ3) is 3.09. The molecular weight excluding hydrogens is 229 g/mol. The molecule has 1 fully saturated rings. The SMILES string of the molecule is CCNC(c1cc(C)ccc1F)C1CCOCC1. The summed E-state index contributed by atoms with van der Waals surface area (Å²) in [4.78, 5) is 0. The van der Waals surface area contributed by atoms with E-state index in [1.807, 2.05) is 19.1 Å². The normalized spacial score (nSPS) is 18.8. The fourth-order valence-electron chi connectivity index (χ4n) is 2.70. The van der Waals surface area contributed by atoms with Crippen molar-refractivity contribution < 1.29 is 9.13 Å². The molecule has 1 unspecified atom stereocenters. The molecule has 0 aromatic heterocycles. The third-order valence-corrected chi connectivity index (χ3v) is 3.65. The van der Waals surface area contributed by atoms with E-state index in [1.54, 1.807) is 6.07 Å². The molecule has 0 saturated carbocycles. The Hall–Kier alpha value is -0.930. The minimum atomic E-state index is -0.0990. The smallest absolute Gasteiger partial charge is 0.128 e. The van der Waals surface area contributed by atoms with Crippen LogP contribution in [0, 0.1) is 18.7 Å². The molecule has 3 heteroatoms. The number of hydrogen-bond acceptors (Lipinski definition) is 2. The van der Waals surface area contributed by atoms with Crippen molar-refractivity contribution in [2.24, 2.45) is 5.92 Å². The molecule has 0 radical (unpaired) electrons. The Morgan fingerprint density at radius 1 is 1.39 bits per heavy atom. The lowest BCUT2D eigenvalue weighted by molar-refractivity contribution is 0.0533. The Morgan fingerprint density at radius 3 is 2.78 bits per heavy atom. The van der Waals surface area contributed by atoms with Gasteiger partial charge in [0, 0.05) is 24.8 Å². The van der Waals surface area contributed by atoms with Crippen molar-refractivity contribution in [1.82, 2.24) is 5.32 Å². The highest BCUT2D eigenvalue weighted by molar-refractivity contribution is 5.27. The summed E-state index contributed by atoms with van der Waals surface area (Å²) in [6.07, 6.45) is 2.01. The van der Waals surface area contributed by atoms with Gasteiger partial charge < -0.3 is 10.1 Å². The molecule has 0 spiro atoms. The number of benzene rings is 1. The summed E-state index contributed by atoms with van der Waals surface area (Å²) < 4.78 is 19.4. The Labute approximate surface area is 109 Å². The van der Waals surface area contributed by atoms with Crippen LogP contribution >= 0.6 is 0 Å². The maximum Gasteiger partial charge on any atom is 0.128 e. The van der Waals surface area contributed by atoms with Gasteiger partial charge in [-0.2, -0.15) is 0 Å². The number of ether oxygens (including phenoxy) is 1. The molecule has 100 valence electrons. The number of halogens is 1. The van der Waals surface area contributed by atoms with Crippen LogP contribution in [-0.2, 0) is 4.74 Å². The lowest BCUT2D eigenvalue weighted by atomic mass is 9.86. The summed E-state index contributed by atoms with van der Waals surface area (Å²) in [5.74, 6) is 0.369. The topological polar surface area (TPSA) is 21.3 Å². The van der Waals surface area contributed by atoms with E-state index in [0.29, 0.717) is 5.92 Å². The van der Waals surface area contributed by atoms with Crippen LogP contribution in [0.2, 0.25) is 0 Å². The molecule has 1 aliphatic heterocycles. The molecule has 1 N–H and O–H groups in total. The monoisotopic (exact) mass is 251 g/mol. The fraction of sp³-hybridized carbons (Fsp3) is 0.600. The highest BCUT2D eigenvalue weighted by Crippen LogP contribution is 2.31. The highest BCUT2D eigenvalue weighted by atomic mass is 19.1. The second kappa shape index (κ2) is 6.30. The number of hydrogen-bond donors (Lipinski definition) is 1. The molecule has 2 rings (SSSR count). The largest absolute Gasteiger partial charge is 0.381 e. The zero-order valence-corrected chi connectivity index (χ0v) is 11.2. The van der Waals surface area contributed by atoms with Gasteiger partial charge in [0.25, 0.3) is 0 Å². The minimum Gasteiger partial charge on any atom is -0.381 e. The van der Waals surface area contributed by atoms with E-state index in [0.717, 1.165) is 43.7 Å². The Balaban J connectivity index is 2.24. The third-order valence-electron chi connectivity index (χ3n) is 3.65. The van der Waals surface area contributed by atoms with Crippen molar-refractivity contribution in [2.45, 2.75) is 32.7 Å². The predicted octanol–water partition coefficient (Wildman–Crippen LogP) is 3.21. The van der Waals surface area contributed by atoms with Gasteiger partial charge in [-0.25, -0.2) is 4.39 Å². The van der Waals surface area contributed by atoms with Crippen molar-refractivity contribution >= 4 is 0 Å². The molecule has 0 aliphatic carbocycles. The highest BCUT2D eigenvalue weighted by Gasteiger charge is 2.26. The Kier molecular flexibility index (Phi) is 4.72. The molecular formula is C15H22FNO. The first-order chi connectivity index (χ1) is 8.72. The minimum absolute atomic E-state index is 0.0990. The Morgan fingerprint density at radius 2 is 2.11 bits per heavy atom. The first-order valence-corrected chi connectivity index (χ1v) is 6.79. The lowest BCUT2D eigenvalue weighted by Gasteiger charge is -2.31. The van der Waals surface area contributed by atoms with Gasteiger partial charge in [-0.3, -0.25) is 0 Å². The van der Waals surface area contributed by atoms with Crippen molar-refractivity contribution in [3.8, 4) is 0 Å². The van der Waals surface area contributed by atoms with Crippen LogP contribution in [0.15, 0.2) is 18.2 Å². The number of rotatable bonds is 4. The molecule has 0 bridgehead atoms. The molecule has 2 nitrogen and oxygen atoms in total. The molecule has 1 aromatic rings. The average Bonchev–Trinajstić information content (AvgIpc) is 2.40. The quantitative estimate of drug-likeness (QED) is 0.887. The summed E-state index contributed by atoms with van der Waals surface area (Å²) in [6.45, 7) is 6.52. The molecule has 18 heavy (non-hydrogen) atoms. The van der Waals surface area contributed by atoms with E-state index >= 15 is 0 Å². The van der Waals surface area contributed by atoms with Crippen LogP contribution in [0.3, 0.4) is 0 Å². The van der Waals surface area contributed by atoms with Gasteiger partial charge in [-0.05, 0) is 38.3 Å². The van der Waals surface area contributed by atoms with Crippen molar-refractivity contribution in [2.75, 3.05) is 19.8 Å². The van der Waals surface area contributed by atoms with Crippen LogP contribution < -0.4 is 5.32 Å². The maximum absolute atomic E-state index is 14.0. The zero-order chi connectivity index (χ0) is 13.0. The second-order valence-corrected chi connectivity index (χ2v) is 5.01. The van der Waals surface area contributed by atoms with Gasteiger partial charge in [0.2, 0.25) is 0 Å². The average molecular weight is 251 g/mol. The van der Waals surface area contributed by atoms with E-state index in [-0.39, 0.29) is 11.9 Å². The van der Waals surface area contributed by atoms with Gasteiger partial charge >= 0.3 is 0 Å². The molecule has 1 aromatic carbocycles. The van der Waals surface area contributed by atoms with Gasteiger partial charge in [0.15, 0.2) is 0 Å².